The molecule has 1 aromatic rings. The maximum atomic E-state index is 11.7. The normalized spacial score (nSPS) is 11.5. The van der Waals surface area contributed by atoms with Crippen LogP contribution in [-0.2, 0) is 4.79 Å². The SMILES string of the molecule is CSCC(C)CNC(=O)Nc1ccc(OCC(=O)O)cc1. The van der Waals surface area contributed by atoms with Gasteiger partial charge in [0.15, 0.2) is 6.61 Å². The predicted octanol–water partition coefficient (Wildman–Crippen LogP) is 2.27. The van der Waals surface area contributed by atoms with Crippen molar-refractivity contribution in [3.63, 3.8) is 0 Å². The Hall–Kier alpha value is -1.89. The molecule has 0 aliphatic carbocycles. The van der Waals surface area contributed by atoms with Gasteiger partial charge in [-0.2, -0.15) is 11.8 Å². The van der Waals surface area contributed by atoms with E-state index in [1.54, 1.807) is 36.0 Å². The minimum atomic E-state index is -1.03. The maximum Gasteiger partial charge on any atom is 0.341 e. The summed E-state index contributed by atoms with van der Waals surface area (Å²) < 4.78 is 5.00. The highest BCUT2D eigenvalue weighted by Gasteiger charge is 2.05. The molecule has 0 fully saturated rings. The van der Waals surface area contributed by atoms with Crippen molar-refractivity contribution in [2.45, 2.75) is 6.92 Å². The van der Waals surface area contributed by atoms with Crippen molar-refractivity contribution in [2.75, 3.05) is 30.5 Å². The first-order valence-corrected chi connectivity index (χ1v) is 7.89. The topological polar surface area (TPSA) is 87.7 Å². The summed E-state index contributed by atoms with van der Waals surface area (Å²) in [4.78, 5) is 22.0. The van der Waals surface area contributed by atoms with Gasteiger partial charge in [0.25, 0.3) is 0 Å². The average molecular weight is 312 g/mol. The molecule has 3 N–H and O–H groups in total. The van der Waals surface area contributed by atoms with Crippen LogP contribution in [-0.4, -0.2) is 42.3 Å². The molecular formula is C14H20N2O4S. The number of nitrogens with one attached hydrogen (secondary N) is 2. The zero-order chi connectivity index (χ0) is 15.7. The highest BCUT2D eigenvalue weighted by molar-refractivity contribution is 7.98. The van der Waals surface area contributed by atoms with Gasteiger partial charge in [-0.25, -0.2) is 9.59 Å². The number of thioether (sulfide) groups is 1. The summed E-state index contributed by atoms with van der Waals surface area (Å²) in [7, 11) is 0. The molecule has 2 amide bonds. The number of ether oxygens (including phenoxy) is 1. The van der Waals surface area contributed by atoms with Crippen molar-refractivity contribution in [3.05, 3.63) is 24.3 Å². The van der Waals surface area contributed by atoms with Crippen molar-refractivity contribution in [2.24, 2.45) is 5.92 Å². The monoisotopic (exact) mass is 312 g/mol. The average Bonchev–Trinajstić information content (AvgIpc) is 2.45. The van der Waals surface area contributed by atoms with Crippen LogP contribution in [0.4, 0.5) is 10.5 Å². The number of benzene rings is 1. The first-order valence-electron chi connectivity index (χ1n) is 6.49. The van der Waals surface area contributed by atoms with Gasteiger partial charge in [-0.15, -0.1) is 0 Å². The quantitative estimate of drug-likeness (QED) is 0.685. The van der Waals surface area contributed by atoms with Crippen LogP contribution in [0.5, 0.6) is 5.75 Å². The molecule has 21 heavy (non-hydrogen) atoms. The molecule has 0 radical (unpaired) electrons. The minimum Gasteiger partial charge on any atom is -0.482 e. The van der Waals surface area contributed by atoms with E-state index in [-0.39, 0.29) is 12.6 Å². The van der Waals surface area contributed by atoms with Gasteiger partial charge in [0.05, 0.1) is 0 Å². The van der Waals surface area contributed by atoms with Crippen molar-refractivity contribution in [3.8, 4) is 5.75 Å². The second kappa shape index (κ2) is 9.12. The Morgan fingerprint density at radius 3 is 2.57 bits per heavy atom. The van der Waals surface area contributed by atoms with Crippen LogP contribution >= 0.6 is 11.8 Å². The molecule has 0 spiro atoms. The zero-order valence-electron chi connectivity index (χ0n) is 12.1. The van der Waals surface area contributed by atoms with E-state index in [9.17, 15) is 9.59 Å². The summed E-state index contributed by atoms with van der Waals surface area (Å²) in [6.45, 7) is 2.30. The van der Waals surface area contributed by atoms with E-state index in [4.69, 9.17) is 9.84 Å². The molecule has 0 bridgehead atoms. The van der Waals surface area contributed by atoms with E-state index in [0.717, 1.165) is 5.75 Å². The molecule has 1 unspecified atom stereocenters. The van der Waals surface area contributed by atoms with E-state index < -0.39 is 5.97 Å². The Bertz CT molecular complexity index is 465. The van der Waals surface area contributed by atoms with Gasteiger partial charge in [-0.05, 0) is 42.2 Å². The van der Waals surface area contributed by atoms with Crippen LogP contribution in [0, 0.1) is 5.92 Å². The lowest BCUT2D eigenvalue weighted by Crippen LogP contribution is -2.32. The van der Waals surface area contributed by atoms with Crippen LogP contribution in [0.1, 0.15) is 6.92 Å². The largest absolute Gasteiger partial charge is 0.482 e. The second-order valence-electron chi connectivity index (χ2n) is 4.60. The Balaban J connectivity index is 2.37. The van der Waals surface area contributed by atoms with E-state index in [1.165, 1.54) is 0 Å². The Morgan fingerprint density at radius 2 is 2.00 bits per heavy atom. The standard InChI is InChI=1S/C14H20N2O4S/c1-10(9-21-2)7-15-14(19)16-11-3-5-12(6-4-11)20-8-13(17)18/h3-6,10H,7-9H2,1-2H3,(H,17,18)(H2,15,16,19). The number of carbonyl (C=O) groups is 2. The van der Waals surface area contributed by atoms with Crippen LogP contribution in [0.15, 0.2) is 24.3 Å². The third-order valence-electron chi connectivity index (χ3n) is 2.54. The molecule has 0 aromatic heterocycles. The van der Waals surface area contributed by atoms with E-state index in [2.05, 4.69) is 17.6 Å². The van der Waals surface area contributed by atoms with Gasteiger partial charge in [0.2, 0.25) is 0 Å². The molecule has 7 heteroatoms. The fourth-order valence-electron chi connectivity index (χ4n) is 1.57. The Kier molecular flexibility index (Phi) is 7.45. The molecule has 0 saturated carbocycles. The number of carboxylic acid groups (broad SMARTS) is 1. The highest BCUT2D eigenvalue weighted by atomic mass is 32.2. The maximum absolute atomic E-state index is 11.7. The van der Waals surface area contributed by atoms with Gasteiger partial charge in [-0.3, -0.25) is 0 Å². The summed E-state index contributed by atoms with van der Waals surface area (Å²) in [5, 5.41) is 14.0. The Labute approximate surface area is 128 Å². The highest BCUT2D eigenvalue weighted by Crippen LogP contribution is 2.15. The number of amides is 2. The first-order chi connectivity index (χ1) is 10.0. The molecule has 0 aliphatic heterocycles. The number of carboxylic acids is 1. The molecule has 1 atom stereocenters. The zero-order valence-corrected chi connectivity index (χ0v) is 12.9. The molecule has 116 valence electrons. The number of aliphatic carboxylic acids is 1. The summed E-state index contributed by atoms with van der Waals surface area (Å²) in [6, 6.07) is 6.26. The van der Waals surface area contributed by atoms with Crippen molar-refractivity contribution in [1.29, 1.82) is 0 Å². The molecule has 0 saturated heterocycles. The lowest BCUT2D eigenvalue weighted by Gasteiger charge is -2.12. The van der Waals surface area contributed by atoms with Crippen LogP contribution in [0.3, 0.4) is 0 Å². The van der Waals surface area contributed by atoms with Crippen molar-refractivity contribution in [1.82, 2.24) is 5.32 Å². The summed E-state index contributed by atoms with van der Waals surface area (Å²) >= 11 is 1.75. The van der Waals surface area contributed by atoms with Gasteiger partial charge in [0, 0.05) is 12.2 Å². The van der Waals surface area contributed by atoms with Crippen molar-refractivity contribution < 1.29 is 19.4 Å². The van der Waals surface area contributed by atoms with Gasteiger partial charge >= 0.3 is 12.0 Å². The number of hydrogen-bond donors (Lipinski definition) is 3. The van der Waals surface area contributed by atoms with Crippen LogP contribution < -0.4 is 15.4 Å². The van der Waals surface area contributed by atoms with Crippen LogP contribution in [0.25, 0.3) is 0 Å². The minimum absolute atomic E-state index is 0.262. The molecule has 1 aromatic carbocycles. The van der Waals surface area contributed by atoms with E-state index in [0.29, 0.717) is 23.9 Å². The molecular weight excluding hydrogens is 292 g/mol. The lowest BCUT2D eigenvalue weighted by atomic mass is 10.2. The number of carbonyl (C=O) groups excluding carboxylic acids is 1. The van der Waals surface area contributed by atoms with E-state index in [1.807, 2.05) is 6.26 Å². The fraction of sp³-hybridized carbons (Fsp3) is 0.429. The van der Waals surface area contributed by atoms with Gasteiger partial charge in [-0.1, -0.05) is 6.92 Å². The first kappa shape index (κ1) is 17.2. The second-order valence-corrected chi connectivity index (χ2v) is 5.51. The number of urea groups is 1. The van der Waals surface area contributed by atoms with Gasteiger partial charge in [0.1, 0.15) is 5.75 Å². The molecule has 6 nitrogen and oxygen atoms in total. The van der Waals surface area contributed by atoms with Crippen molar-refractivity contribution >= 4 is 29.4 Å². The smallest absolute Gasteiger partial charge is 0.341 e. The number of anilines is 1. The number of hydrogen-bond acceptors (Lipinski definition) is 4. The summed E-state index contributed by atoms with van der Waals surface area (Å²) in [6.07, 6.45) is 2.03. The van der Waals surface area contributed by atoms with Gasteiger partial charge < -0.3 is 20.5 Å². The van der Waals surface area contributed by atoms with Crippen LogP contribution in [0.2, 0.25) is 0 Å². The fourth-order valence-corrected chi connectivity index (χ4v) is 2.25. The third kappa shape index (κ3) is 7.45. The Morgan fingerprint density at radius 1 is 1.33 bits per heavy atom. The van der Waals surface area contributed by atoms with E-state index >= 15 is 0 Å². The summed E-state index contributed by atoms with van der Waals surface area (Å²) in [5.41, 5.74) is 0.618. The molecule has 0 aliphatic rings. The summed E-state index contributed by atoms with van der Waals surface area (Å²) in [5.74, 6) is 0.820. The molecule has 1 rings (SSSR count). The molecule has 0 heterocycles. The number of rotatable bonds is 8. The predicted molar refractivity (Wildman–Crippen MR) is 84.1 cm³/mol. The third-order valence-corrected chi connectivity index (χ3v) is 3.44. The lowest BCUT2D eigenvalue weighted by molar-refractivity contribution is -0.139.